The molecule has 2 saturated heterocycles. The van der Waals surface area contributed by atoms with E-state index in [0.29, 0.717) is 18.1 Å². The number of anilines is 4. The van der Waals surface area contributed by atoms with E-state index in [0.717, 1.165) is 43.8 Å². The maximum atomic E-state index is 11.9. The van der Waals surface area contributed by atoms with Gasteiger partial charge in [-0.05, 0) is 69.7 Å². The Bertz CT molecular complexity index is 835. The van der Waals surface area contributed by atoms with Crippen molar-refractivity contribution in [2.75, 3.05) is 47.9 Å². The van der Waals surface area contributed by atoms with Crippen LogP contribution in [-0.4, -0.2) is 53.7 Å². The van der Waals surface area contributed by atoms with Crippen LogP contribution in [0, 0.1) is 0 Å². The third-order valence-corrected chi connectivity index (χ3v) is 5.54. The van der Waals surface area contributed by atoms with Crippen LogP contribution in [0.3, 0.4) is 0 Å². The molecule has 0 amide bonds. The molecule has 34 heavy (non-hydrogen) atoms. The lowest BCUT2D eigenvalue weighted by Gasteiger charge is -2.30. The number of esters is 1. The van der Waals surface area contributed by atoms with Crippen molar-refractivity contribution in [3.8, 4) is 0 Å². The van der Waals surface area contributed by atoms with Gasteiger partial charge in [0, 0.05) is 37.6 Å². The number of carbonyl (C=O) groups is 1. The zero-order valence-electron chi connectivity index (χ0n) is 20.5. The molecule has 2 aliphatic heterocycles. The molecule has 12 heteroatoms. The monoisotopic (exact) mass is 486 g/mol. The molecule has 0 unspecified atom stereocenters. The van der Waals surface area contributed by atoms with E-state index >= 15 is 0 Å². The number of hydrogen-bond donors (Lipinski definition) is 5. The number of rotatable bonds is 6. The predicted molar refractivity (Wildman–Crippen MR) is 146 cm³/mol. The van der Waals surface area contributed by atoms with Crippen molar-refractivity contribution in [1.29, 1.82) is 0 Å². The number of hydrogen-bond acceptors (Lipinski definition) is 12. The van der Waals surface area contributed by atoms with Crippen molar-refractivity contribution in [2.45, 2.75) is 45.4 Å². The predicted octanol–water partition coefficient (Wildman–Crippen LogP) is 5.40. The molecule has 0 spiro atoms. The van der Waals surface area contributed by atoms with Gasteiger partial charge in [-0.15, -0.1) is 0 Å². The highest BCUT2D eigenvalue weighted by atomic mass is 16.5. The number of aromatic nitrogens is 3. The highest BCUT2D eigenvalue weighted by Gasteiger charge is 2.20. The normalized spacial score (nSPS) is 15.0. The summed E-state index contributed by atoms with van der Waals surface area (Å²) in [5.41, 5.74) is 1.35. The molecule has 0 aliphatic carbocycles. The quantitative estimate of drug-likeness (QED) is 0.323. The maximum Gasteiger partial charge on any atom is 0.338 e. The number of nitrogens with one attached hydrogen (secondary N) is 1. The lowest BCUT2D eigenvalue weighted by atomic mass is 10.1. The van der Waals surface area contributed by atoms with Crippen molar-refractivity contribution < 1.29 is 15.2 Å². The Labute approximate surface area is 208 Å². The second-order valence-corrected chi connectivity index (χ2v) is 7.78. The van der Waals surface area contributed by atoms with Crippen LogP contribution < -0.4 is 39.7 Å². The average Bonchev–Trinajstić information content (AvgIpc) is 2.81. The molecule has 3 heterocycles. The zero-order valence-corrected chi connectivity index (χ0v) is 20.5. The molecule has 200 valence electrons. The molecule has 12 nitrogen and oxygen atoms in total. The highest BCUT2D eigenvalue weighted by molar-refractivity contribution is 5.89. The van der Waals surface area contributed by atoms with Crippen LogP contribution in [-0.2, 0) is 4.74 Å². The van der Waals surface area contributed by atoms with Crippen LogP contribution >= 0.6 is 0 Å². The summed E-state index contributed by atoms with van der Waals surface area (Å²) in [5.74, 6) is 1.71. The summed E-state index contributed by atoms with van der Waals surface area (Å²) in [6.07, 6.45) is 7.20. The first-order valence-corrected chi connectivity index (χ1v) is 11.0. The van der Waals surface area contributed by atoms with Crippen LogP contribution in [0.1, 0.15) is 61.5 Å². The Morgan fingerprint density at radius 1 is 0.824 bits per heavy atom. The minimum absolute atomic E-state index is 0. The summed E-state index contributed by atoms with van der Waals surface area (Å²) in [4.78, 5) is 30.6. The lowest BCUT2D eigenvalue weighted by molar-refractivity contribution is 0.0526. The minimum Gasteiger partial charge on any atom is -0.462 e. The fourth-order valence-electron chi connectivity index (χ4n) is 3.91. The number of carbonyl (C=O) groups excluding carboxylic acids is 1. The van der Waals surface area contributed by atoms with Crippen molar-refractivity contribution in [1.82, 2.24) is 39.6 Å². The third-order valence-electron chi connectivity index (χ3n) is 5.54. The molecule has 13 N–H and O–H groups in total. The van der Waals surface area contributed by atoms with Gasteiger partial charge in [0.15, 0.2) is 0 Å². The van der Waals surface area contributed by atoms with Gasteiger partial charge in [-0.3, -0.25) is 0 Å². The van der Waals surface area contributed by atoms with Gasteiger partial charge in [0.1, 0.15) is 0 Å². The van der Waals surface area contributed by atoms with Gasteiger partial charge in [0.25, 0.3) is 0 Å². The molecular formula is C22H50N10O2. The number of piperidine rings is 2. The van der Waals surface area contributed by atoms with Gasteiger partial charge in [0.05, 0.1) is 12.2 Å². The summed E-state index contributed by atoms with van der Waals surface area (Å²) in [7, 11) is 0. The zero-order chi connectivity index (χ0) is 20.8. The highest BCUT2D eigenvalue weighted by Crippen LogP contribution is 2.24. The van der Waals surface area contributed by atoms with E-state index in [1.165, 1.54) is 38.5 Å². The Morgan fingerprint density at radius 3 is 1.74 bits per heavy atom. The van der Waals surface area contributed by atoms with Crippen LogP contribution in [0.5, 0.6) is 0 Å². The largest absolute Gasteiger partial charge is 0.462 e. The van der Waals surface area contributed by atoms with Crippen LogP contribution in [0.15, 0.2) is 24.3 Å². The van der Waals surface area contributed by atoms with E-state index in [1.807, 2.05) is 12.1 Å². The fourth-order valence-corrected chi connectivity index (χ4v) is 3.91. The van der Waals surface area contributed by atoms with E-state index in [-0.39, 0.29) is 36.3 Å². The van der Waals surface area contributed by atoms with Gasteiger partial charge >= 0.3 is 5.97 Å². The van der Waals surface area contributed by atoms with Crippen molar-refractivity contribution in [3.63, 3.8) is 0 Å². The van der Waals surface area contributed by atoms with E-state index in [4.69, 9.17) is 19.7 Å². The molecule has 1 aromatic heterocycles. The summed E-state index contributed by atoms with van der Waals surface area (Å²) in [5, 5.41) is 3.29. The minimum atomic E-state index is -0.316. The maximum absolute atomic E-state index is 11.9. The van der Waals surface area contributed by atoms with Crippen LogP contribution in [0.25, 0.3) is 0 Å². The van der Waals surface area contributed by atoms with Crippen molar-refractivity contribution >= 4 is 29.5 Å². The molecule has 0 bridgehead atoms. The van der Waals surface area contributed by atoms with Crippen LogP contribution in [0.2, 0.25) is 0 Å². The second kappa shape index (κ2) is 15.0. The fraction of sp³-hybridized carbons (Fsp3) is 0.545. The first-order valence-electron chi connectivity index (χ1n) is 11.0. The first-order chi connectivity index (χ1) is 14.7. The van der Waals surface area contributed by atoms with Gasteiger partial charge in [-0.2, -0.15) is 15.0 Å². The summed E-state index contributed by atoms with van der Waals surface area (Å²) in [6.45, 7) is 6.10. The molecule has 0 radical (unpaired) electrons. The average molecular weight is 487 g/mol. The van der Waals surface area contributed by atoms with E-state index in [2.05, 4.69) is 15.1 Å². The summed E-state index contributed by atoms with van der Waals surface area (Å²) in [6, 6.07) is 7.19. The van der Waals surface area contributed by atoms with Crippen LogP contribution in [0.4, 0.5) is 23.5 Å². The molecule has 2 fully saturated rings. The number of nitrogens with zero attached hydrogens (tertiary/aromatic N) is 5. The Balaban J connectivity index is -0.000000454. The van der Waals surface area contributed by atoms with Gasteiger partial charge < -0.3 is 44.5 Å². The van der Waals surface area contributed by atoms with E-state index in [9.17, 15) is 4.79 Å². The molecule has 2 aromatic rings. The van der Waals surface area contributed by atoms with E-state index in [1.54, 1.807) is 19.1 Å². The third kappa shape index (κ3) is 7.76. The Hall–Kier alpha value is -3.06. The number of benzene rings is 1. The number of ether oxygens (including phenoxy) is 1. The first kappa shape index (κ1) is 30.9. The molecule has 0 saturated carbocycles. The molecule has 4 rings (SSSR count). The SMILES string of the molecule is CCOC(=O)c1ccc(Nc2nc(N3CCCCC3)nc(N3CCCCC3)n2)cc1.N.N.N.N.[HH].[HH].[HH].[HH]. The molecule has 0 atom stereocenters. The smallest absolute Gasteiger partial charge is 0.338 e. The van der Waals surface area contributed by atoms with Crippen molar-refractivity contribution in [3.05, 3.63) is 29.8 Å². The Morgan fingerprint density at radius 2 is 1.29 bits per heavy atom. The van der Waals surface area contributed by atoms with Gasteiger partial charge in [-0.1, -0.05) is 0 Å². The van der Waals surface area contributed by atoms with Crippen molar-refractivity contribution in [2.24, 2.45) is 0 Å². The Kier molecular flexibility index (Phi) is 13.6. The van der Waals surface area contributed by atoms with Gasteiger partial charge in [0.2, 0.25) is 17.8 Å². The molecule has 2 aliphatic rings. The second-order valence-electron chi connectivity index (χ2n) is 7.78. The van der Waals surface area contributed by atoms with E-state index < -0.39 is 0 Å². The molecule has 1 aromatic carbocycles. The molecular weight excluding hydrogens is 436 g/mol. The lowest BCUT2D eigenvalue weighted by Crippen LogP contribution is -2.34. The topological polar surface area (TPSA) is 223 Å². The van der Waals surface area contributed by atoms with Gasteiger partial charge in [-0.25, -0.2) is 4.79 Å². The standard InChI is InChI=1S/C22H30N6O2.4H3N.4H2/c1-2-30-19(29)17-9-11-18(12-10-17)23-20-24-21(27-13-5-3-6-14-27)26-22(25-20)28-15-7-4-8-16-28;;;;;;;;/h9-12H,2-8,13-16H2,1H3,(H,23,24,25,26);4*1H3;4*1H. The summed E-state index contributed by atoms with van der Waals surface area (Å²) < 4.78 is 5.05. The summed E-state index contributed by atoms with van der Waals surface area (Å²) >= 11 is 0.